The Morgan fingerprint density at radius 3 is 2.23 bits per heavy atom. The fourth-order valence-corrected chi connectivity index (χ4v) is 3.00. The third kappa shape index (κ3) is 2.35. The van der Waals surface area contributed by atoms with Crippen molar-refractivity contribution < 1.29 is 23.9 Å². The van der Waals surface area contributed by atoms with Crippen molar-refractivity contribution in [1.29, 1.82) is 0 Å². The van der Waals surface area contributed by atoms with Crippen molar-refractivity contribution in [3.63, 3.8) is 0 Å². The Labute approximate surface area is 137 Å². The molecule has 0 radical (unpaired) electrons. The minimum absolute atomic E-state index is 0.504. The highest BCUT2D eigenvalue weighted by molar-refractivity contribution is 9.10. The predicted octanol–water partition coefficient (Wildman–Crippen LogP) is 2.82. The summed E-state index contributed by atoms with van der Waals surface area (Å²) in [6.07, 6.45) is -0.752. The number of methoxy groups -OCH3 is 1. The molecule has 1 aromatic rings. The Morgan fingerprint density at radius 2 is 1.73 bits per heavy atom. The molecule has 0 aliphatic carbocycles. The Balaban J connectivity index is 2.48. The smallest absolute Gasteiger partial charge is 0.331 e. The van der Waals surface area contributed by atoms with Gasteiger partial charge < -0.3 is 9.47 Å². The van der Waals surface area contributed by atoms with Crippen LogP contribution in [0.4, 0.5) is 0 Å². The van der Waals surface area contributed by atoms with E-state index in [0.29, 0.717) is 5.56 Å². The number of halogens is 1. The standard InChI is InChI=1S/C16H17BrO5/c1-15(2)11(9-5-7-10(17)8-6-9)22-14(20)16(3,12(15)18)13(19)21-4/h5-8,11H,1-4H3/t11-,16-/m1/s1. The van der Waals surface area contributed by atoms with Crippen molar-refractivity contribution in [2.45, 2.75) is 26.9 Å². The molecule has 2 atom stereocenters. The van der Waals surface area contributed by atoms with E-state index in [1.807, 2.05) is 0 Å². The first-order valence-corrected chi connectivity index (χ1v) is 7.55. The molecule has 1 aliphatic heterocycles. The number of Topliss-reactive ketones (excluding diaryl/α,β-unsaturated/α-hetero) is 1. The van der Waals surface area contributed by atoms with Gasteiger partial charge in [0.05, 0.1) is 12.5 Å². The van der Waals surface area contributed by atoms with Crippen LogP contribution in [0.25, 0.3) is 0 Å². The van der Waals surface area contributed by atoms with Crippen molar-refractivity contribution in [2.24, 2.45) is 10.8 Å². The summed E-state index contributed by atoms with van der Waals surface area (Å²) in [4.78, 5) is 37.1. The zero-order chi connectivity index (χ0) is 16.7. The molecule has 0 spiro atoms. The number of ether oxygens (including phenoxy) is 2. The summed E-state index contributed by atoms with van der Waals surface area (Å²) in [5.41, 5.74) is -2.28. The molecular formula is C16H17BrO5. The Hall–Kier alpha value is -1.69. The van der Waals surface area contributed by atoms with E-state index in [2.05, 4.69) is 20.7 Å². The van der Waals surface area contributed by atoms with Gasteiger partial charge in [0, 0.05) is 4.47 Å². The first-order chi connectivity index (χ1) is 10.2. The van der Waals surface area contributed by atoms with Gasteiger partial charge in [0.25, 0.3) is 0 Å². The summed E-state index contributed by atoms with van der Waals surface area (Å²) in [6.45, 7) is 4.58. The van der Waals surface area contributed by atoms with Crippen LogP contribution in [0, 0.1) is 10.8 Å². The van der Waals surface area contributed by atoms with Gasteiger partial charge in [0.15, 0.2) is 5.78 Å². The van der Waals surface area contributed by atoms with Crippen LogP contribution >= 0.6 is 15.9 Å². The summed E-state index contributed by atoms with van der Waals surface area (Å²) in [6, 6.07) is 7.16. The molecule has 0 saturated carbocycles. The van der Waals surface area contributed by atoms with Crippen LogP contribution in [0.1, 0.15) is 32.4 Å². The molecule has 1 aromatic carbocycles. The van der Waals surface area contributed by atoms with Crippen molar-refractivity contribution in [2.75, 3.05) is 7.11 Å². The normalized spacial score (nSPS) is 27.2. The van der Waals surface area contributed by atoms with E-state index in [9.17, 15) is 14.4 Å². The molecule has 0 amide bonds. The lowest BCUT2D eigenvalue weighted by molar-refractivity contribution is -0.194. The molecule has 118 valence electrons. The number of cyclic esters (lactones) is 1. The number of hydrogen-bond donors (Lipinski definition) is 0. The van der Waals surface area contributed by atoms with Gasteiger partial charge in [-0.15, -0.1) is 0 Å². The Morgan fingerprint density at radius 1 is 1.18 bits per heavy atom. The lowest BCUT2D eigenvalue weighted by Crippen LogP contribution is -2.57. The summed E-state index contributed by atoms with van der Waals surface area (Å²) in [5.74, 6) is -2.28. The van der Waals surface area contributed by atoms with Crippen molar-refractivity contribution in [1.82, 2.24) is 0 Å². The average Bonchev–Trinajstić information content (AvgIpc) is 2.49. The van der Waals surface area contributed by atoms with Crippen LogP contribution in [0.5, 0.6) is 0 Å². The van der Waals surface area contributed by atoms with Crippen LogP contribution in [0.3, 0.4) is 0 Å². The van der Waals surface area contributed by atoms with Crippen LogP contribution < -0.4 is 0 Å². The minimum Gasteiger partial charge on any atom is -0.468 e. The number of rotatable bonds is 2. The van der Waals surface area contributed by atoms with Crippen molar-refractivity contribution in [3.8, 4) is 0 Å². The predicted molar refractivity (Wildman–Crippen MR) is 81.9 cm³/mol. The molecule has 22 heavy (non-hydrogen) atoms. The van der Waals surface area contributed by atoms with Crippen molar-refractivity contribution >= 4 is 33.7 Å². The first-order valence-electron chi connectivity index (χ1n) is 6.75. The van der Waals surface area contributed by atoms with Crippen molar-refractivity contribution in [3.05, 3.63) is 34.3 Å². The van der Waals surface area contributed by atoms with Gasteiger partial charge in [-0.1, -0.05) is 28.1 Å². The van der Waals surface area contributed by atoms with Crippen LogP contribution in [0.2, 0.25) is 0 Å². The number of hydrogen-bond acceptors (Lipinski definition) is 5. The number of benzene rings is 1. The largest absolute Gasteiger partial charge is 0.468 e. The molecule has 1 fully saturated rings. The van der Waals surface area contributed by atoms with Gasteiger partial charge in [-0.05, 0) is 38.5 Å². The highest BCUT2D eigenvalue weighted by atomic mass is 79.9. The quantitative estimate of drug-likeness (QED) is 0.592. The maximum atomic E-state index is 12.8. The molecule has 1 saturated heterocycles. The van der Waals surface area contributed by atoms with E-state index in [4.69, 9.17) is 4.74 Å². The summed E-state index contributed by atoms with van der Waals surface area (Å²) in [7, 11) is 1.14. The number of esters is 2. The van der Waals surface area contributed by atoms with Gasteiger partial charge in [0.1, 0.15) is 6.10 Å². The second-order valence-corrected chi connectivity index (χ2v) is 6.92. The molecule has 0 unspecified atom stereocenters. The second kappa shape index (κ2) is 5.50. The SMILES string of the molecule is COC(=O)[C@]1(C)C(=O)O[C@H](c2ccc(Br)cc2)C(C)(C)C1=O. The molecule has 1 heterocycles. The van der Waals surface area contributed by atoms with Gasteiger partial charge in [0.2, 0.25) is 5.41 Å². The third-order valence-electron chi connectivity index (χ3n) is 4.09. The summed E-state index contributed by atoms with van der Waals surface area (Å²) < 4.78 is 11.0. The monoisotopic (exact) mass is 368 g/mol. The number of carbonyl (C=O) groups is 3. The second-order valence-electron chi connectivity index (χ2n) is 6.00. The fourth-order valence-electron chi connectivity index (χ4n) is 2.73. The zero-order valence-corrected chi connectivity index (χ0v) is 14.4. The highest BCUT2D eigenvalue weighted by Gasteiger charge is 2.62. The molecule has 0 N–H and O–H groups in total. The molecule has 5 nitrogen and oxygen atoms in total. The molecular weight excluding hydrogens is 352 g/mol. The minimum atomic E-state index is -1.93. The maximum Gasteiger partial charge on any atom is 0.331 e. The van der Waals surface area contributed by atoms with E-state index in [1.165, 1.54) is 6.92 Å². The fraction of sp³-hybridized carbons (Fsp3) is 0.438. The lowest BCUT2D eigenvalue weighted by atomic mass is 9.66. The molecule has 0 aromatic heterocycles. The van der Waals surface area contributed by atoms with Crippen LogP contribution in [0.15, 0.2) is 28.7 Å². The third-order valence-corrected chi connectivity index (χ3v) is 4.62. The average molecular weight is 369 g/mol. The van der Waals surface area contributed by atoms with E-state index < -0.39 is 34.7 Å². The van der Waals surface area contributed by atoms with E-state index in [0.717, 1.165) is 11.6 Å². The topological polar surface area (TPSA) is 69.7 Å². The van der Waals surface area contributed by atoms with Gasteiger partial charge in [-0.2, -0.15) is 0 Å². The van der Waals surface area contributed by atoms with Gasteiger partial charge in [-0.25, -0.2) is 0 Å². The van der Waals surface area contributed by atoms with E-state index in [-0.39, 0.29) is 0 Å². The number of ketones is 1. The highest BCUT2D eigenvalue weighted by Crippen LogP contribution is 2.48. The Bertz CT molecular complexity index is 634. The summed E-state index contributed by atoms with van der Waals surface area (Å²) >= 11 is 3.33. The molecule has 1 aliphatic rings. The molecule has 0 bridgehead atoms. The molecule has 2 rings (SSSR count). The first kappa shape index (κ1) is 16.7. The van der Waals surface area contributed by atoms with E-state index >= 15 is 0 Å². The Kier molecular flexibility index (Phi) is 4.17. The van der Waals surface area contributed by atoms with Gasteiger partial charge in [-0.3, -0.25) is 14.4 Å². The molecule has 6 heteroatoms. The number of carbonyl (C=O) groups excluding carboxylic acids is 3. The lowest BCUT2D eigenvalue weighted by Gasteiger charge is -2.43. The zero-order valence-electron chi connectivity index (χ0n) is 12.8. The van der Waals surface area contributed by atoms with E-state index in [1.54, 1.807) is 38.1 Å². The summed E-state index contributed by atoms with van der Waals surface area (Å²) in [5, 5.41) is 0. The maximum absolute atomic E-state index is 12.8. The van der Waals surface area contributed by atoms with Crippen LogP contribution in [-0.4, -0.2) is 24.8 Å². The van der Waals surface area contributed by atoms with Gasteiger partial charge >= 0.3 is 11.9 Å². The van der Waals surface area contributed by atoms with Crippen LogP contribution in [-0.2, 0) is 23.9 Å².